The second-order valence-electron chi connectivity index (χ2n) is 16.3. The van der Waals surface area contributed by atoms with Crippen molar-refractivity contribution < 1.29 is 0 Å². The zero-order valence-electron chi connectivity index (χ0n) is 35.0. The van der Waals surface area contributed by atoms with E-state index in [1.165, 1.54) is 27.8 Å². The number of nitrogens with zero attached hydrogens (tertiary/aromatic N) is 3. The van der Waals surface area contributed by atoms with Crippen molar-refractivity contribution >= 4 is 63.3 Å². The minimum Gasteiger partial charge on any atom is -0.311 e. The van der Waals surface area contributed by atoms with Gasteiger partial charge in [-0.1, -0.05) is 153 Å². The molecule has 3 heteroatoms. The SMILES string of the molecule is CC1(C)c2cc(N(c3ccccc3)c3ccc(/C=C\c4ccccc4)cc3)ccc2-c2ccc(N(c3ccccc3)c3ccc(N(c4ccccc4)c4ccccc4)cc3)cc21. The van der Waals surface area contributed by atoms with Crippen LogP contribution in [0, 0.1) is 0 Å². The molecule has 1 aliphatic carbocycles. The van der Waals surface area contributed by atoms with E-state index in [-0.39, 0.29) is 5.41 Å². The smallest absolute Gasteiger partial charge is 0.0465 e. The van der Waals surface area contributed by atoms with E-state index in [9.17, 15) is 0 Å². The Kier molecular flexibility index (Phi) is 10.3. The summed E-state index contributed by atoms with van der Waals surface area (Å²) in [6.07, 6.45) is 4.34. The van der Waals surface area contributed by atoms with E-state index in [1.807, 2.05) is 6.07 Å². The summed E-state index contributed by atoms with van der Waals surface area (Å²) in [5.74, 6) is 0. The first kappa shape index (κ1) is 38.3. The Morgan fingerprint density at radius 1 is 0.274 bits per heavy atom. The number of hydrogen-bond donors (Lipinski definition) is 0. The normalized spacial score (nSPS) is 12.4. The van der Waals surface area contributed by atoms with Gasteiger partial charge in [-0.05, 0) is 143 Å². The van der Waals surface area contributed by atoms with Gasteiger partial charge in [0.25, 0.3) is 0 Å². The quantitative estimate of drug-likeness (QED) is 0.121. The molecule has 3 nitrogen and oxygen atoms in total. The Morgan fingerprint density at radius 3 is 0.887 bits per heavy atom. The monoisotopic (exact) mass is 797 g/mol. The number of rotatable bonds is 11. The van der Waals surface area contributed by atoms with Crippen LogP contribution in [0.3, 0.4) is 0 Å². The molecule has 0 heterocycles. The highest BCUT2D eigenvalue weighted by Crippen LogP contribution is 2.52. The minimum atomic E-state index is -0.247. The van der Waals surface area contributed by atoms with Gasteiger partial charge in [0.2, 0.25) is 0 Å². The molecule has 0 atom stereocenters. The van der Waals surface area contributed by atoms with Crippen LogP contribution in [-0.4, -0.2) is 0 Å². The van der Waals surface area contributed by atoms with Crippen LogP contribution in [0.15, 0.2) is 237 Å². The molecule has 62 heavy (non-hydrogen) atoms. The third-order valence-electron chi connectivity index (χ3n) is 12.0. The first-order chi connectivity index (χ1) is 30.5. The maximum Gasteiger partial charge on any atom is 0.0465 e. The van der Waals surface area contributed by atoms with Crippen molar-refractivity contribution in [2.24, 2.45) is 0 Å². The van der Waals surface area contributed by atoms with Crippen molar-refractivity contribution in [1.82, 2.24) is 0 Å². The Labute approximate surface area is 365 Å². The summed E-state index contributed by atoms with van der Waals surface area (Å²) in [5, 5.41) is 0. The molecule has 0 unspecified atom stereocenters. The lowest BCUT2D eigenvalue weighted by atomic mass is 9.82. The summed E-state index contributed by atoms with van der Waals surface area (Å²) in [7, 11) is 0. The molecule has 0 aromatic heterocycles. The zero-order valence-corrected chi connectivity index (χ0v) is 35.0. The van der Waals surface area contributed by atoms with E-state index >= 15 is 0 Å². The van der Waals surface area contributed by atoms with Gasteiger partial charge >= 0.3 is 0 Å². The Morgan fingerprint density at radius 2 is 0.532 bits per heavy atom. The number of para-hydroxylation sites is 4. The molecule has 9 aromatic rings. The molecule has 0 spiro atoms. The lowest BCUT2D eigenvalue weighted by molar-refractivity contribution is 0.660. The summed E-state index contributed by atoms with van der Waals surface area (Å²) in [5.41, 5.74) is 17.3. The number of hydrogen-bond acceptors (Lipinski definition) is 3. The molecule has 0 saturated heterocycles. The van der Waals surface area contributed by atoms with Gasteiger partial charge in [-0.15, -0.1) is 0 Å². The van der Waals surface area contributed by atoms with Crippen molar-refractivity contribution in [2.75, 3.05) is 14.7 Å². The highest BCUT2D eigenvalue weighted by molar-refractivity contribution is 5.89. The van der Waals surface area contributed by atoms with Crippen LogP contribution in [0.1, 0.15) is 36.1 Å². The average Bonchev–Trinajstić information content (AvgIpc) is 3.56. The summed E-state index contributed by atoms with van der Waals surface area (Å²) in [6, 6.07) is 84.8. The van der Waals surface area contributed by atoms with E-state index in [0.717, 1.165) is 56.7 Å². The topological polar surface area (TPSA) is 9.72 Å². The highest BCUT2D eigenvalue weighted by atomic mass is 15.2. The molecule has 9 aromatic carbocycles. The summed E-state index contributed by atoms with van der Waals surface area (Å²) < 4.78 is 0. The first-order valence-electron chi connectivity index (χ1n) is 21.3. The first-order valence-corrected chi connectivity index (χ1v) is 21.3. The van der Waals surface area contributed by atoms with Gasteiger partial charge in [0.15, 0.2) is 0 Å². The Balaban J connectivity index is 0.997. The van der Waals surface area contributed by atoms with E-state index in [0.29, 0.717) is 0 Å². The number of fused-ring (bicyclic) bond motifs is 3. The minimum absolute atomic E-state index is 0.247. The molecule has 298 valence electrons. The van der Waals surface area contributed by atoms with E-state index in [4.69, 9.17) is 0 Å². The third-order valence-corrected chi connectivity index (χ3v) is 12.0. The van der Waals surface area contributed by atoms with Gasteiger partial charge in [0.1, 0.15) is 0 Å². The van der Waals surface area contributed by atoms with E-state index in [1.54, 1.807) is 0 Å². The fourth-order valence-electron chi connectivity index (χ4n) is 8.88. The number of benzene rings is 9. The van der Waals surface area contributed by atoms with E-state index in [2.05, 4.69) is 271 Å². The van der Waals surface area contributed by atoms with Gasteiger partial charge in [-0.25, -0.2) is 0 Å². The van der Waals surface area contributed by atoms with Crippen LogP contribution in [0.25, 0.3) is 23.3 Å². The molecule has 0 fully saturated rings. The van der Waals surface area contributed by atoms with Crippen LogP contribution in [0.2, 0.25) is 0 Å². The average molecular weight is 798 g/mol. The largest absolute Gasteiger partial charge is 0.311 e. The zero-order chi connectivity index (χ0) is 41.9. The Hall–Kier alpha value is -7.88. The summed E-state index contributed by atoms with van der Waals surface area (Å²) >= 11 is 0. The van der Waals surface area contributed by atoms with E-state index < -0.39 is 0 Å². The van der Waals surface area contributed by atoms with Crippen molar-refractivity contribution in [2.45, 2.75) is 19.3 Å². The molecule has 0 saturated carbocycles. The molecule has 0 radical (unpaired) electrons. The molecule has 0 N–H and O–H groups in total. The molecular formula is C59H47N3. The molecular weight excluding hydrogens is 751 g/mol. The van der Waals surface area contributed by atoms with Gasteiger partial charge in [0, 0.05) is 56.6 Å². The Bertz CT molecular complexity index is 2900. The van der Waals surface area contributed by atoms with Gasteiger partial charge in [-0.2, -0.15) is 0 Å². The lowest BCUT2D eigenvalue weighted by Gasteiger charge is -2.30. The van der Waals surface area contributed by atoms with Crippen LogP contribution in [0.5, 0.6) is 0 Å². The maximum atomic E-state index is 2.41. The predicted octanol–water partition coefficient (Wildman–Crippen LogP) is 16.6. The van der Waals surface area contributed by atoms with Gasteiger partial charge in [-0.3, -0.25) is 0 Å². The maximum absolute atomic E-state index is 2.41. The lowest BCUT2D eigenvalue weighted by Crippen LogP contribution is -2.17. The highest BCUT2D eigenvalue weighted by Gasteiger charge is 2.37. The van der Waals surface area contributed by atoms with Crippen LogP contribution < -0.4 is 14.7 Å². The van der Waals surface area contributed by atoms with Crippen molar-refractivity contribution in [1.29, 1.82) is 0 Å². The second kappa shape index (κ2) is 16.6. The van der Waals surface area contributed by atoms with Crippen molar-refractivity contribution in [3.05, 3.63) is 259 Å². The predicted molar refractivity (Wildman–Crippen MR) is 263 cm³/mol. The molecule has 1 aliphatic rings. The van der Waals surface area contributed by atoms with Crippen LogP contribution >= 0.6 is 0 Å². The fourth-order valence-corrected chi connectivity index (χ4v) is 8.88. The molecule has 0 bridgehead atoms. The molecule has 0 amide bonds. The molecule has 10 rings (SSSR count). The molecule has 0 aliphatic heterocycles. The van der Waals surface area contributed by atoms with Crippen molar-refractivity contribution in [3.63, 3.8) is 0 Å². The summed E-state index contributed by atoms with van der Waals surface area (Å²) in [4.78, 5) is 7.05. The van der Waals surface area contributed by atoms with Gasteiger partial charge < -0.3 is 14.7 Å². The second-order valence-corrected chi connectivity index (χ2v) is 16.3. The van der Waals surface area contributed by atoms with Gasteiger partial charge in [0.05, 0.1) is 0 Å². The van der Waals surface area contributed by atoms with Crippen molar-refractivity contribution in [3.8, 4) is 11.1 Å². The summed E-state index contributed by atoms with van der Waals surface area (Å²) in [6.45, 7) is 4.74. The number of anilines is 9. The fraction of sp³-hybridized carbons (Fsp3) is 0.0508. The van der Waals surface area contributed by atoms with Crippen LogP contribution in [-0.2, 0) is 5.41 Å². The standard InChI is InChI=1S/C59H47N3/c1-59(2)57-42-53(61(48-24-14-6-15-25-48)50-32-30-45(31-33-50)29-28-44-18-8-3-9-19-44)38-40-55(57)56-41-39-54(43-58(56)59)62(49-26-16-7-17-27-49)52-36-34-51(35-37-52)60(46-20-10-4-11-21-46)47-22-12-5-13-23-47/h3-43H,1-2H3/b29-28-. The third kappa shape index (κ3) is 7.46. The van der Waals surface area contributed by atoms with Crippen LogP contribution in [0.4, 0.5) is 51.2 Å².